The average molecular weight is 249 g/mol. The van der Waals surface area contributed by atoms with Crippen LogP contribution in [0, 0.1) is 0 Å². The van der Waals surface area contributed by atoms with Crippen molar-refractivity contribution in [3.8, 4) is 0 Å². The molecule has 4 heteroatoms. The second-order valence-corrected chi connectivity index (χ2v) is 3.03. The van der Waals surface area contributed by atoms with Crippen LogP contribution in [0.3, 0.4) is 0 Å². The van der Waals surface area contributed by atoms with Crippen molar-refractivity contribution in [1.82, 2.24) is 0 Å². The van der Waals surface area contributed by atoms with Gasteiger partial charge in [0.15, 0.2) is 0 Å². The molecule has 10 heavy (non-hydrogen) atoms. The Morgan fingerprint density at radius 1 is 1.90 bits per heavy atom. The Hall–Kier alpha value is -0.100. The van der Waals surface area contributed by atoms with Crippen LogP contribution in [0.15, 0.2) is 9.66 Å². The van der Waals surface area contributed by atoms with Crippen molar-refractivity contribution in [3.05, 3.63) is 9.66 Å². The van der Waals surface area contributed by atoms with Gasteiger partial charge in [0.1, 0.15) is 5.54 Å². The molecule has 0 heterocycles. The predicted molar refractivity (Wildman–Crippen MR) is 45.9 cm³/mol. The molecule has 0 aromatic rings. The molecule has 3 nitrogen and oxygen atoms in total. The highest BCUT2D eigenvalue weighted by atomic mass is 123. The third kappa shape index (κ3) is 0.950. The molecule has 0 amide bonds. The van der Waals surface area contributed by atoms with Gasteiger partial charge in [-0.2, -0.15) is 0 Å². The quantitative estimate of drug-likeness (QED) is 0.678. The Balaban J connectivity index is 2.81. The number of rotatable bonds is 1. The highest BCUT2D eigenvalue weighted by Gasteiger charge is 2.44. The van der Waals surface area contributed by atoms with Gasteiger partial charge in [-0.25, -0.2) is 4.79 Å². The van der Waals surface area contributed by atoms with E-state index in [4.69, 9.17) is 10.8 Å². The summed E-state index contributed by atoms with van der Waals surface area (Å²) in [4.78, 5) is 10.5. The van der Waals surface area contributed by atoms with E-state index in [0.717, 1.165) is 12.0 Å². The van der Waals surface area contributed by atoms with Crippen LogP contribution in [0.5, 0.6) is 0 Å². The molecule has 1 fully saturated rings. The molecule has 1 aliphatic rings. The van der Waals surface area contributed by atoms with Gasteiger partial charge in [-0.15, -0.1) is 0 Å². The molecule has 1 aliphatic carbocycles. The molecule has 0 aliphatic heterocycles. The molecule has 1 saturated carbocycles. The summed E-state index contributed by atoms with van der Waals surface area (Å²) in [7, 11) is 0. The first kappa shape index (κ1) is 8.00. The third-order valence-electron chi connectivity index (χ3n) is 1.88. The lowest BCUT2D eigenvalue weighted by Gasteiger charge is -2.36. The lowest BCUT2D eigenvalue weighted by atomic mass is 9.73. The van der Waals surface area contributed by atoms with Crippen LogP contribution < -0.4 is 5.73 Å². The smallest absolute Gasteiger partial charge is 0.328 e. The van der Waals surface area contributed by atoms with E-state index in [9.17, 15) is 4.79 Å². The Labute approximate surface area is 72.4 Å². The first-order valence-electron chi connectivity index (χ1n) is 2.93. The highest BCUT2D eigenvalue weighted by Crippen LogP contribution is 2.36. The van der Waals surface area contributed by atoms with Gasteiger partial charge in [0, 0.05) is 0 Å². The zero-order valence-electron chi connectivity index (χ0n) is 5.30. The Bertz CT molecular complexity index is 202. The lowest BCUT2D eigenvalue weighted by Crippen LogP contribution is -2.55. The van der Waals surface area contributed by atoms with E-state index in [2.05, 4.69) is 0 Å². The Morgan fingerprint density at radius 2 is 2.50 bits per heavy atom. The van der Waals surface area contributed by atoms with E-state index in [1.807, 2.05) is 22.6 Å². The number of carboxylic acid groups (broad SMARTS) is 1. The van der Waals surface area contributed by atoms with Gasteiger partial charge in [0.05, 0.1) is 0 Å². The summed E-state index contributed by atoms with van der Waals surface area (Å²) in [6, 6.07) is 0. The maximum Gasteiger partial charge on any atom is 0.328 e. The molecule has 0 aromatic carbocycles. The van der Waals surface area contributed by atoms with E-state index >= 15 is 0 Å². The van der Waals surface area contributed by atoms with Gasteiger partial charge in [-0.3, -0.25) is 0 Å². The number of aliphatic carboxylic acids is 1. The number of hydrogen-bond donors (Lipinski definition) is 2. The van der Waals surface area contributed by atoms with Crippen LogP contribution in [0.4, 0.5) is 0 Å². The maximum atomic E-state index is 10.5. The number of hydrogen-bond acceptors (Lipinski definition) is 2. The molecule has 0 radical (unpaired) electrons. The van der Waals surface area contributed by atoms with Gasteiger partial charge in [-0.1, -0.05) is 22.6 Å². The van der Waals surface area contributed by atoms with E-state index in [0.29, 0.717) is 6.42 Å². The second kappa shape index (κ2) is 2.50. The van der Waals surface area contributed by atoms with E-state index in [-0.39, 0.29) is 0 Å². The summed E-state index contributed by atoms with van der Waals surface area (Å²) >= 11 is 2.02. The number of halogens is 1. The minimum Gasteiger partial charge on any atom is -0.480 e. The van der Waals surface area contributed by atoms with Gasteiger partial charge in [-0.05, 0) is 22.5 Å². The summed E-state index contributed by atoms with van der Waals surface area (Å²) in [5, 5.41) is 8.62. The van der Waals surface area contributed by atoms with Crippen LogP contribution in [0.1, 0.15) is 12.8 Å². The Morgan fingerprint density at radius 3 is 2.60 bits per heavy atom. The van der Waals surface area contributed by atoms with Gasteiger partial charge >= 0.3 is 5.97 Å². The van der Waals surface area contributed by atoms with Gasteiger partial charge in [0.25, 0.3) is 0 Å². The molecular formula is C6H8INO2. The van der Waals surface area contributed by atoms with Crippen molar-refractivity contribution in [3.63, 3.8) is 0 Å². The largest absolute Gasteiger partial charge is 0.480 e. The fourth-order valence-electron chi connectivity index (χ4n) is 0.935. The summed E-state index contributed by atoms with van der Waals surface area (Å²) < 4.78 is 1.76. The number of carboxylic acids is 1. The molecule has 1 rings (SSSR count). The van der Waals surface area contributed by atoms with Crippen LogP contribution in [0.25, 0.3) is 0 Å². The topological polar surface area (TPSA) is 63.3 Å². The fraction of sp³-hybridized carbons (Fsp3) is 0.500. The molecule has 0 bridgehead atoms. The van der Waals surface area contributed by atoms with Crippen molar-refractivity contribution < 1.29 is 9.90 Å². The molecule has 56 valence electrons. The zero-order chi connectivity index (χ0) is 7.78. The van der Waals surface area contributed by atoms with E-state index < -0.39 is 11.5 Å². The van der Waals surface area contributed by atoms with Gasteiger partial charge in [0.2, 0.25) is 0 Å². The minimum atomic E-state index is -1.04. The molecule has 0 saturated heterocycles. The first-order valence-corrected chi connectivity index (χ1v) is 4.18. The first-order chi connectivity index (χ1) is 4.61. The summed E-state index contributed by atoms with van der Waals surface area (Å²) in [6.07, 6.45) is 1.39. The predicted octanol–water partition coefficient (Wildman–Crippen LogP) is 0.881. The number of nitrogens with two attached hydrogens (primary N) is 1. The van der Waals surface area contributed by atoms with Crippen LogP contribution in [-0.4, -0.2) is 16.6 Å². The van der Waals surface area contributed by atoms with Crippen LogP contribution in [-0.2, 0) is 4.79 Å². The molecule has 3 N–H and O–H groups in total. The normalized spacial score (nSPS) is 35.6. The van der Waals surface area contributed by atoms with Crippen molar-refractivity contribution in [2.24, 2.45) is 5.73 Å². The summed E-state index contributed by atoms with van der Waals surface area (Å²) in [5.74, 6) is -0.915. The monoisotopic (exact) mass is 249 g/mol. The molecule has 0 aromatic heterocycles. The van der Waals surface area contributed by atoms with E-state index in [1.165, 1.54) is 0 Å². The molecule has 0 unspecified atom stereocenters. The van der Waals surface area contributed by atoms with Crippen molar-refractivity contribution in [2.75, 3.05) is 0 Å². The SMILES string of the molecule is N[C@@]1(C(=O)O)CC/C1=C\[123I]. The highest BCUT2D eigenvalue weighted by molar-refractivity contribution is 14.1. The molecular weight excluding hydrogens is 241 g/mol. The van der Waals surface area contributed by atoms with E-state index in [1.54, 1.807) is 4.08 Å². The Kier molecular flexibility index (Phi) is 2.00. The third-order valence-corrected chi connectivity index (χ3v) is 2.63. The number of carbonyl (C=O) groups is 1. The average Bonchev–Trinajstić information content (AvgIpc) is 1.85. The van der Waals surface area contributed by atoms with Crippen LogP contribution >= 0.6 is 22.6 Å². The van der Waals surface area contributed by atoms with Crippen molar-refractivity contribution in [1.29, 1.82) is 0 Å². The van der Waals surface area contributed by atoms with Crippen molar-refractivity contribution >= 4 is 28.6 Å². The molecule has 0 spiro atoms. The lowest BCUT2D eigenvalue weighted by molar-refractivity contribution is -0.143. The van der Waals surface area contributed by atoms with Crippen LogP contribution in [0.2, 0.25) is 0 Å². The standard InChI is InChI=1S/C6H8INO2/c7-3-4-1-2-6(4,8)5(9)10/h3H,1-2,8H2,(H,9,10)/b4-3+/t6-/m0/s1/i7-4. The van der Waals surface area contributed by atoms with Crippen molar-refractivity contribution in [2.45, 2.75) is 18.4 Å². The second-order valence-electron chi connectivity index (χ2n) is 2.41. The maximum absolute atomic E-state index is 10.5. The zero-order valence-corrected chi connectivity index (χ0v) is 7.46. The fourth-order valence-corrected chi connectivity index (χ4v) is 1.80. The summed E-state index contributed by atoms with van der Waals surface area (Å²) in [5.41, 5.74) is 5.32. The van der Waals surface area contributed by atoms with Gasteiger partial charge < -0.3 is 10.8 Å². The molecule has 1 atom stereocenters. The minimum absolute atomic E-state index is 0.567. The summed E-state index contributed by atoms with van der Waals surface area (Å²) in [6.45, 7) is 0.